The summed E-state index contributed by atoms with van der Waals surface area (Å²) < 4.78 is 4.60. The van der Waals surface area contributed by atoms with Crippen molar-refractivity contribution in [3.63, 3.8) is 0 Å². The Bertz CT molecular complexity index is 414. The van der Waals surface area contributed by atoms with Crippen molar-refractivity contribution in [3.05, 3.63) is 34.9 Å². The second-order valence-corrected chi connectivity index (χ2v) is 3.49. The van der Waals surface area contributed by atoms with Gasteiger partial charge in [0.25, 0.3) is 0 Å². The van der Waals surface area contributed by atoms with Crippen molar-refractivity contribution in [3.8, 4) is 11.8 Å². The highest BCUT2D eigenvalue weighted by atomic mass is 35.5. The lowest BCUT2D eigenvalue weighted by Gasteiger charge is -2.02. The molecule has 1 aromatic carbocycles. The van der Waals surface area contributed by atoms with Crippen LogP contribution in [0.3, 0.4) is 0 Å². The Labute approximate surface area is 99.0 Å². The molecule has 16 heavy (non-hydrogen) atoms. The minimum absolute atomic E-state index is 0.0139. The van der Waals surface area contributed by atoms with Crippen LogP contribution in [-0.4, -0.2) is 17.7 Å². The third-order valence-corrected chi connectivity index (χ3v) is 2.02. The smallest absolute Gasteiger partial charge is 0.303 e. The van der Waals surface area contributed by atoms with Gasteiger partial charge in [0.1, 0.15) is 6.10 Å². The first-order chi connectivity index (χ1) is 7.59. The minimum atomic E-state index is -0.896. The van der Waals surface area contributed by atoms with E-state index in [1.54, 1.807) is 24.3 Å². The molecule has 0 amide bonds. The van der Waals surface area contributed by atoms with Crippen molar-refractivity contribution in [2.24, 2.45) is 0 Å². The maximum absolute atomic E-state index is 10.4. The summed E-state index contributed by atoms with van der Waals surface area (Å²) in [7, 11) is 0. The molecule has 0 bridgehead atoms. The summed E-state index contributed by atoms with van der Waals surface area (Å²) in [6.45, 7) is 1.29. The zero-order valence-corrected chi connectivity index (χ0v) is 9.49. The molecule has 0 aliphatic rings. The van der Waals surface area contributed by atoms with Gasteiger partial charge >= 0.3 is 5.97 Å². The highest BCUT2D eigenvalue weighted by Crippen LogP contribution is 2.15. The molecule has 0 saturated carbocycles. The molecule has 3 nitrogen and oxygen atoms in total. The first-order valence-electron chi connectivity index (χ1n) is 4.65. The molecule has 0 fully saturated rings. The second kappa shape index (κ2) is 6.16. The molecule has 0 aliphatic heterocycles. The molecule has 1 N–H and O–H groups in total. The molecule has 4 heteroatoms. The summed E-state index contributed by atoms with van der Waals surface area (Å²) in [6, 6.07) is 6.72. The SMILES string of the molecule is CC(=O)OCC#C[C@@H](O)c1ccc(Cl)cc1. The van der Waals surface area contributed by atoms with E-state index in [-0.39, 0.29) is 6.61 Å². The second-order valence-electron chi connectivity index (χ2n) is 3.06. The Morgan fingerprint density at radius 1 is 1.50 bits per heavy atom. The topological polar surface area (TPSA) is 46.5 Å². The van der Waals surface area contributed by atoms with Crippen LogP contribution in [0.2, 0.25) is 5.02 Å². The molecule has 1 rings (SSSR count). The maximum atomic E-state index is 10.4. The van der Waals surface area contributed by atoms with Gasteiger partial charge in [0, 0.05) is 11.9 Å². The lowest BCUT2D eigenvalue weighted by atomic mass is 10.1. The molecular formula is C12H11ClO3. The summed E-state index contributed by atoms with van der Waals surface area (Å²) in [5.41, 5.74) is 0.653. The number of hydrogen-bond acceptors (Lipinski definition) is 3. The third kappa shape index (κ3) is 4.35. The van der Waals surface area contributed by atoms with Crippen LogP contribution in [0.25, 0.3) is 0 Å². The van der Waals surface area contributed by atoms with Gasteiger partial charge in [-0.3, -0.25) is 4.79 Å². The van der Waals surface area contributed by atoms with E-state index < -0.39 is 12.1 Å². The monoisotopic (exact) mass is 238 g/mol. The Hall–Kier alpha value is -1.50. The average molecular weight is 239 g/mol. The third-order valence-electron chi connectivity index (χ3n) is 1.77. The predicted octanol–water partition coefficient (Wildman–Crippen LogP) is 1.94. The lowest BCUT2D eigenvalue weighted by molar-refractivity contribution is -0.139. The summed E-state index contributed by atoms with van der Waals surface area (Å²) in [5, 5.41) is 10.2. The van der Waals surface area contributed by atoms with Crippen LogP contribution in [0, 0.1) is 11.8 Å². The van der Waals surface area contributed by atoms with Crippen LogP contribution in [0.5, 0.6) is 0 Å². The molecule has 84 valence electrons. The van der Waals surface area contributed by atoms with E-state index in [1.165, 1.54) is 6.92 Å². The van der Waals surface area contributed by atoms with Crippen LogP contribution in [0.15, 0.2) is 24.3 Å². The number of halogens is 1. The number of carbonyl (C=O) groups is 1. The van der Waals surface area contributed by atoms with Gasteiger partial charge in [0.2, 0.25) is 0 Å². The number of benzene rings is 1. The summed E-state index contributed by atoms with van der Waals surface area (Å²) in [6.07, 6.45) is -0.896. The van der Waals surface area contributed by atoms with Crippen LogP contribution in [-0.2, 0) is 9.53 Å². The van der Waals surface area contributed by atoms with Crippen LogP contribution in [0.1, 0.15) is 18.6 Å². The zero-order valence-electron chi connectivity index (χ0n) is 8.74. The van der Waals surface area contributed by atoms with Gasteiger partial charge < -0.3 is 9.84 Å². The normalized spacial score (nSPS) is 11.2. The fraction of sp³-hybridized carbons (Fsp3) is 0.250. The van der Waals surface area contributed by atoms with E-state index in [9.17, 15) is 9.90 Å². The van der Waals surface area contributed by atoms with Crippen LogP contribution >= 0.6 is 11.6 Å². The van der Waals surface area contributed by atoms with E-state index >= 15 is 0 Å². The molecule has 1 atom stereocenters. The quantitative estimate of drug-likeness (QED) is 0.633. The molecule has 0 heterocycles. The largest absolute Gasteiger partial charge is 0.453 e. The van der Waals surface area contributed by atoms with E-state index in [1.807, 2.05) is 0 Å². The van der Waals surface area contributed by atoms with Crippen LogP contribution in [0.4, 0.5) is 0 Å². The molecular weight excluding hydrogens is 228 g/mol. The van der Waals surface area contributed by atoms with Gasteiger partial charge in [-0.1, -0.05) is 35.6 Å². The van der Waals surface area contributed by atoms with E-state index in [0.29, 0.717) is 10.6 Å². The molecule has 0 unspecified atom stereocenters. The van der Waals surface area contributed by atoms with Gasteiger partial charge in [0.15, 0.2) is 6.61 Å². The highest BCUT2D eigenvalue weighted by molar-refractivity contribution is 6.30. The molecule has 1 aromatic rings. The lowest BCUT2D eigenvalue weighted by Crippen LogP contribution is -1.99. The van der Waals surface area contributed by atoms with Crippen LogP contribution < -0.4 is 0 Å². The number of ether oxygens (including phenoxy) is 1. The minimum Gasteiger partial charge on any atom is -0.453 e. The van der Waals surface area contributed by atoms with Crippen molar-refractivity contribution in [2.45, 2.75) is 13.0 Å². The standard InChI is InChI=1S/C12H11ClO3/c1-9(14)16-8-2-3-12(15)10-4-6-11(13)7-5-10/h4-7,12,15H,8H2,1H3/t12-/m1/s1. The Morgan fingerprint density at radius 2 is 2.12 bits per heavy atom. The summed E-state index contributed by atoms with van der Waals surface area (Å²) >= 11 is 5.70. The summed E-state index contributed by atoms with van der Waals surface area (Å²) in [5.74, 6) is 4.72. The van der Waals surface area contributed by atoms with Crippen molar-refractivity contribution in [1.29, 1.82) is 0 Å². The number of aliphatic hydroxyl groups is 1. The molecule has 0 aliphatic carbocycles. The fourth-order valence-electron chi connectivity index (χ4n) is 1.00. The maximum Gasteiger partial charge on any atom is 0.303 e. The molecule has 0 radical (unpaired) electrons. The highest BCUT2D eigenvalue weighted by Gasteiger charge is 2.02. The van der Waals surface area contributed by atoms with Gasteiger partial charge in [-0.25, -0.2) is 0 Å². The molecule has 0 saturated heterocycles. The molecule has 0 spiro atoms. The first kappa shape index (κ1) is 12.6. The Morgan fingerprint density at radius 3 is 2.69 bits per heavy atom. The van der Waals surface area contributed by atoms with Crippen molar-refractivity contribution in [1.82, 2.24) is 0 Å². The fourth-order valence-corrected chi connectivity index (χ4v) is 1.13. The van der Waals surface area contributed by atoms with Crippen molar-refractivity contribution < 1.29 is 14.6 Å². The number of rotatable bonds is 2. The van der Waals surface area contributed by atoms with Gasteiger partial charge in [-0.05, 0) is 17.7 Å². The van der Waals surface area contributed by atoms with Crippen molar-refractivity contribution >= 4 is 17.6 Å². The van der Waals surface area contributed by atoms with Gasteiger partial charge in [0.05, 0.1) is 0 Å². The van der Waals surface area contributed by atoms with E-state index in [4.69, 9.17) is 11.6 Å². The average Bonchev–Trinajstić information content (AvgIpc) is 2.25. The van der Waals surface area contributed by atoms with Gasteiger partial charge in [-0.2, -0.15) is 0 Å². The Balaban J connectivity index is 2.54. The number of esters is 1. The first-order valence-corrected chi connectivity index (χ1v) is 5.02. The Kier molecular flexibility index (Phi) is 4.84. The van der Waals surface area contributed by atoms with Crippen molar-refractivity contribution in [2.75, 3.05) is 6.61 Å². The number of hydrogen-bond donors (Lipinski definition) is 1. The number of carbonyl (C=O) groups excluding carboxylic acids is 1. The van der Waals surface area contributed by atoms with E-state index in [0.717, 1.165) is 0 Å². The predicted molar refractivity (Wildman–Crippen MR) is 60.8 cm³/mol. The molecule has 0 aromatic heterocycles. The van der Waals surface area contributed by atoms with Gasteiger partial charge in [-0.15, -0.1) is 0 Å². The summed E-state index contributed by atoms with van der Waals surface area (Å²) in [4.78, 5) is 10.4. The number of aliphatic hydroxyl groups excluding tert-OH is 1. The zero-order chi connectivity index (χ0) is 12.0. The van der Waals surface area contributed by atoms with E-state index in [2.05, 4.69) is 16.6 Å².